The van der Waals surface area contributed by atoms with Crippen LogP contribution >= 0.6 is 0 Å². The lowest BCUT2D eigenvalue weighted by Crippen LogP contribution is -2.60. The van der Waals surface area contributed by atoms with Crippen molar-refractivity contribution in [3.8, 4) is 0 Å². The lowest BCUT2D eigenvalue weighted by Gasteiger charge is -2.40. The number of amides is 1. The molecule has 1 aliphatic heterocycles. The number of hydrogen-bond donors (Lipinski definition) is 6. The molecule has 9 heteroatoms. The van der Waals surface area contributed by atoms with Gasteiger partial charge in [0.25, 0.3) is 0 Å². The third kappa shape index (κ3) is 26.9. The van der Waals surface area contributed by atoms with Gasteiger partial charge in [0.1, 0.15) is 24.4 Å². The van der Waals surface area contributed by atoms with Crippen molar-refractivity contribution in [3.05, 3.63) is 0 Å². The summed E-state index contributed by atoms with van der Waals surface area (Å²) >= 11 is 0. The van der Waals surface area contributed by atoms with Crippen LogP contribution in [-0.2, 0) is 14.3 Å². The molecule has 0 aromatic carbocycles. The summed E-state index contributed by atoms with van der Waals surface area (Å²) in [5, 5.41) is 53.8. The van der Waals surface area contributed by atoms with E-state index in [2.05, 4.69) is 19.2 Å². The molecule has 1 rings (SSSR count). The van der Waals surface area contributed by atoms with Gasteiger partial charge in [-0.15, -0.1) is 0 Å². The maximum absolute atomic E-state index is 12.6. The fourth-order valence-corrected chi connectivity index (χ4v) is 7.69. The first-order valence-corrected chi connectivity index (χ1v) is 23.2. The highest BCUT2D eigenvalue weighted by Gasteiger charge is 2.44. The van der Waals surface area contributed by atoms with Crippen LogP contribution in [0.25, 0.3) is 0 Å². The first kappa shape index (κ1) is 51.2. The average Bonchev–Trinajstić information content (AvgIpc) is 3.17. The monoisotopic (exact) mass is 772 g/mol. The highest BCUT2D eigenvalue weighted by molar-refractivity contribution is 5.76. The zero-order valence-corrected chi connectivity index (χ0v) is 35.3. The van der Waals surface area contributed by atoms with Crippen molar-refractivity contribution in [2.75, 3.05) is 13.2 Å². The number of rotatable bonds is 39. The first-order chi connectivity index (χ1) is 26.3. The number of ether oxygens (including phenoxy) is 2. The van der Waals surface area contributed by atoms with Crippen LogP contribution in [-0.4, -0.2) is 87.5 Å². The van der Waals surface area contributed by atoms with Gasteiger partial charge in [-0.3, -0.25) is 4.79 Å². The number of carbonyl (C=O) groups excluding carboxylic acids is 1. The van der Waals surface area contributed by atoms with Crippen molar-refractivity contribution in [2.24, 2.45) is 0 Å². The summed E-state index contributed by atoms with van der Waals surface area (Å²) < 4.78 is 11.1. The zero-order valence-electron chi connectivity index (χ0n) is 35.3. The minimum Gasteiger partial charge on any atom is -0.394 e. The molecule has 7 unspecified atom stereocenters. The highest BCUT2D eigenvalue weighted by Crippen LogP contribution is 2.23. The molecule has 1 aliphatic rings. The fraction of sp³-hybridized carbons (Fsp3) is 0.978. The Hall–Kier alpha value is -0.810. The Morgan fingerprint density at radius 1 is 0.556 bits per heavy atom. The van der Waals surface area contributed by atoms with E-state index < -0.39 is 49.5 Å². The van der Waals surface area contributed by atoms with Crippen molar-refractivity contribution in [1.82, 2.24) is 5.32 Å². The Labute approximate surface area is 332 Å². The predicted octanol–water partition coefficient (Wildman–Crippen LogP) is 9.56. The molecule has 7 atom stereocenters. The molecule has 1 heterocycles. The second-order valence-electron chi connectivity index (χ2n) is 16.6. The lowest BCUT2D eigenvalue weighted by atomic mass is 9.99. The van der Waals surface area contributed by atoms with Crippen molar-refractivity contribution in [1.29, 1.82) is 0 Å². The molecule has 0 bridgehead atoms. The maximum Gasteiger partial charge on any atom is 0.220 e. The number of unbranched alkanes of at least 4 members (excludes halogenated alkanes) is 29. The molecule has 1 saturated heterocycles. The van der Waals surface area contributed by atoms with Gasteiger partial charge >= 0.3 is 0 Å². The van der Waals surface area contributed by atoms with Gasteiger partial charge in [-0.1, -0.05) is 206 Å². The topological polar surface area (TPSA) is 149 Å². The van der Waals surface area contributed by atoms with E-state index in [1.807, 2.05) is 0 Å². The molecule has 0 saturated carbocycles. The van der Waals surface area contributed by atoms with Gasteiger partial charge in [-0.05, 0) is 12.8 Å². The van der Waals surface area contributed by atoms with Gasteiger partial charge < -0.3 is 40.3 Å². The Morgan fingerprint density at radius 2 is 0.926 bits per heavy atom. The Kier molecular flexibility index (Phi) is 34.6. The van der Waals surface area contributed by atoms with Gasteiger partial charge in [0.15, 0.2) is 6.29 Å². The largest absolute Gasteiger partial charge is 0.394 e. The van der Waals surface area contributed by atoms with Gasteiger partial charge in [0.05, 0.1) is 25.4 Å². The van der Waals surface area contributed by atoms with Crippen molar-refractivity contribution in [2.45, 2.75) is 269 Å². The smallest absolute Gasteiger partial charge is 0.220 e. The Balaban J connectivity index is 2.02. The van der Waals surface area contributed by atoms with E-state index in [4.69, 9.17) is 9.47 Å². The summed E-state index contributed by atoms with van der Waals surface area (Å²) in [5.74, 6) is -0.166. The second kappa shape index (κ2) is 36.5. The molecule has 6 N–H and O–H groups in total. The number of nitrogens with one attached hydrogen (secondary N) is 1. The van der Waals surface area contributed by atoms with Crippen LogP contribution in [0.2, 0.25) is 0 Å². The molecule has 0 aromatic heterocycles. The summed E-state index contributed by atoms with van der Waals surface area (Å²) in [6.45, 7) is 3.68. The molecule has 0 aromatic rings. The minimum absolute atomic E-state index is 0.136. The molecule has 1 amide bonds. The van der Waals surface area contributed by atoms with Gasteiger partial charge in [0.2, 0.25) is 5.91 Å². The quantitative estimate of drug-likeness (QED) is 0.0339. The summed E-state index contributed by atoms with van der Waals surface area (Å²) in [6.07, 6.45) is 33.7. The first-order valence-electron chi connectivity index (χ1n) is 23.2. The molecule has 54 heavy (non-hydrogen) atoms. The van der Waals surface area contributed by atoms with Crippen LogP contribution in [0.15, 0.2) is 0 Å². The fourth-order valence-electron chi connectivity index (χ4n) is 7.69. The molecule has 9 nitrogen and oxygen atoms in total. The van der Waals surface area contributed by atoms with E-state index in [0.29, 0.717) is 12.8 Å². The number of carbonyl (C=O) groups is 1. The van der Waals surface area contributed by atoms with E-state index >= 15 is 0 Å². The highest BCUT2D eigenvalue weighted by atomic mass is 16.7. The molecular formula is C45H89NO8. The van der Waals surface area contributed by atoms with Crippen molar-refractivity contribution < 1.29 is 39.8 Å². The van der Waals surface area contributed by atoms with Crippen LogP contribution < -0.4 is 5.32 Å². The Morgan fingerprint density at radius 3 is 1.31 bits per heavy atom. The maximum atomic E-state index is 12.6. The molecule has 0 radical (unpaired) electrons. The third-order valence-corrected chi connectivity index (χ3v) is 11.5. The SMILES string of the molecule is CCCCCCCCCCCCCCCCCCCCCCCCCCCCCCC(O)C(COC1OC(CO)C(O)C(O)C1O)NC(=O)CCCCC. The van der Waals surface area contributed by atoms with Gasteiger partial charge in [-0.25, -0.2) is 0 Å². The average molecular weight is 772 g/mol. The summed E-state index contributed by atoms with van der Waals surface area (Å²) in [5.41, 5.74) is 0. The minimum atomic E-state index is -1.55. The molecule has 1 fully saturated rings. The van der Waals surface area contributed by atoms with Crippen LogP contribution in [0.4, 0.5) is 0 Å². The van der Waals surface area contributed by atoms with Gasteiger partial charge in [-0.2, -0.15) is 0 Å². The number of hydrogen-bond acceptors (Lipinski definition) is 8. The van der Waals surface area contributed by atoms with Crippen molar-refractivity contribution in [3.63, 3.8) is 0 Å². The third-order valence-electron chi connectivity index (χ3n) is 11.5. The van der Waals surface area contributed by atoms with Crippen LogP contribution in [0.5, 0.6) is 0 Å². The van der Waals surface area contributed by atoms with E-state index in [1.165, 1.54) is 161 Å². The Bertz CT molecular complexity index is 817. The van der Waals surface area contributed by atoms with Gasteiger partial charge in [0, 0.05) is 6.42 Å². The summed E-state index contributed by atoms with van der Waals surface area (Å²) in [6, 6.07) is -0.708. The molecule has 322 valence electrons. The molecule has 0 aliphatic carbocycles. The standard InChI is InChI=1S/C45H89NO8/c1-3-5-7-8-9-10-11-12-13-14-15-16-17-18-19-20-21-22-23-24-25-26-27-28-29-30-31-33-34-39(48)38(46-41(49)35-32-6-4-2)37-53-45-44(52)43(51)42(50)40(36-47)54-45/h38-40,42-45,47-48,50-52H,3-37H2,1-2H3,(H,46,49). The number of aliphatic hydroxyl groups is 5. The molecular weight excluding hydrogens is 682 g/mol. The molecule has 0 spiro atoms. The second-order valence-corrected chi connectivity index (χ2v) is 16.6. The van der Waals surface area contributed by atoms with E-state index in [1.54, 1.807) is 0 Å². The normalized spacial score (nSPS) is 21.4. The lowest BCUT2D eigenvalue weighted by molar-refractivity contribution is -0.302. The van der Waals surface area contributed by atoms with E-state index in [-0.39, 0.29) is 12.5 Å². The zero-order chi connectivity index (χ0) is 39.5. The summed E-state index contributed by atoms with van der Waals surface area (Å²) in [4.78, 5) is 12.6. The van der Waals surface area contributed by atoms with Crippen LogP contribution in [0.1, 0.15) is 226 Å². The van der Waals surface area contributed by atoms with Crippen LogP contribution in [0, 0.1) is 0 Å². The number of aliphatic hydroxyl groups excluding tert-OH is 5. The van der Waals surface area contributed by atoms with E-state index in [9.17, 15) is 30.3 Å². The predicted molar refractivity (Wildman–Crippen MR) is 221 cm³/mol. The van der Waals surface area contributed by atoms with Crippen LogP contribution in [0.3, 0.4) is 0 Å². The van der Waals surface area contributed by atoms with Crippen molar-refractivity contribution >= 4 is 5.91 Å². The van der Waals surface area contributed by atoms with E-state index in [0.717, 1.165) is 38.5 Å². The summed E-state index contributed by atoms with van der Waals surface area (Å²) in [7, 11) is 0.